The molecular formula is C36H47N9O5. The Morgan fingerprint density at radius 2 is 1.30 bits per heavy atom. The van der Waals surface area contributed by atoms with E-state index >= 15 is 0 Å². The molecule has 4 aliphatic rings. The molecule has 7 rings (SSSR count). The fourth-order valence-electron chi connectivity index (χ4n) is 7.63. The van der Waals surface area contributed by atoms with Crippen molar-refractivity contribution in [2.45, 2.75) is 69.7 Å². The number of morpholine rings is 1. The molecule has 0 saturated carbocycles. The van der Waals surface area contributed by atoms with Crippen molar-refractivity contribution in [2.24, 2.45) is 0 Å². The van der Waals surface area contributed by atoms with Crippen LogP contribution in [-0.2, 0) is 4.74 Å². The summed E-state index contributed by atoms with van der Waals surface area (Å²) in [5.41, 5.74) is 2.50. The van der Waals surface area contributed by atoms with Crippen LogP contribution in [0.3, 0.4) is 0 Å². The molecule has 4 atom stereocenters. The molecule has 266 valence electrons. The van der Waals surface area contributed by atoms with Crippen LogP contribution in [0.25, 0.3) is 11.4 Å². The number of aliphatic hydroxyl groups is 2. The lowest BCUT2D eigenvalue weighted by molar-refractivity contribution is 0.0595. The van der Waals surface area contributed by atoms with Gasteiger partial charge in [0.15, 0.2) is 5.82 Å². The molecule has 2 bridgehead atoms. The second kappa shape index (κ2) is 14.9. The van der Waals surface area contributed by atoms with Crippen LogP contribution in [0.4, 0.5) is 28.1 Å². The predicted octanol–water partition coefficient (Wildman–Crippen LogP) is 3.04. The van der Waals surface area contributed by atoms with Crippen molar-refractivity contribution in [3.05, 3.63) is 54.1 Å². The number of anilines is 4. The fourth-order valence-corrected chi connectivity index (χ4v) is 7.63. The summed E-state index contributed by atoms with van der Waals surface area (Å²) in [5, 5.41) is 26.0. The highest BCUT2D eigenvalue weighted by atomic mass is 16.5. The summed E-state index contributed by atoms with van der Waals surface area (Å²) < 4.78 is 5.81. The number of benzene rings is 2. The molecule has 3 amide bonds. The van der Waals surface area contributed by atoms with Crippen LogP contribution in [0.2, 0.25) is 0 Å². The molecule has 0 spiro atoms. The van der Waals surface area contributed by atoms with E-state index in [9.17, 15) is 19.8 Å². The monoisotopic (exact) mass is 685 g/mol. The van der Waals surface area contributed by atoms with Crippen molar-refractivity contribution >= 4 is 35.2 Å². The van der Waals surface area contributed by atoms with Crippen LogP contribution in [0.15, 0.2) is 48.5 Å². The SMILES string of the molecule is CC(C)N1CCN(C(=O)c2ccc(NC(=O)Nc3ccc(-c4nc(N5C6CCC5COC6)nc(N5[C@H](CO)CC[C@@H]5CO)n4)cc3)cc2)CC1. The highest BCUT2D eigenvalue weighted by Crippen LogP contribution is 2.36. The number of aliphatic hydroxyl groups excluding tert-OH is 2. The molecule has 50 heavy (non-hydrogen) atoms. The minimum absolute atomic E-state index is 0.000997. The van der Waals surface area contributed by atoms with Crippen LogP contribution in [0.1, 0.15) is 49.9 Å². The maximum Gasteiger partial charge on any atom is 0.323 e. The quantitative estimate of drug-likeness (QED) is 0.262. The molecular weight excluding hydrogens is 638 g/mol. The zero-order chi connectivity index (χ0) is 34.8. The number of nitrogens with zero attached hydrogens (tertiary/aromatic N) is 7. The van der Waals surface area contributed by atoms with Gasteiger partial charge in [-0.25, -0.2) is 4.79 Å². The maximum absolute atomic E-state index is 13.0. The largest absolute Gasteiger partial charge is 0.394 e. The first-order valence-corrected chi connectivity index (χ1v) is 17.7. The lowest BCUT2D eigenvalue weighted by Gasteiger charge is -2.37. The van der Waals surface area contributed by atoms with Crippen LogP contribution in [0, 0.1) is 0 Å². The van der Waals surface area contributed by atoms with E-state index in [0.717, 1.165) is 44.3 Å². The first kappa shape index (κ1) is 34.1. The zero-order valence-corrected chi connectivity index (χ0v) is 28.7. The third-order valence-corrected chi connectivity index (χ3v) is 10.5. The number of hydrogen-bond acceptors (Lipinski definition) is 11. The van der Waals surface area contributed by atoms with E-state index in [0.29, 0.717) is 67.0 Å². The average molecular weight is 686 g/mol. The van der Waals surface area contributed by atoms with Crippen LogP contribution in [-0.4, -0.2) is 130 Å². The predicted molar refractivity (Wildman–Crippen MR) is 191 cm³/mol. The van der Waals surface area contributed by atoms with Gasteiger partial charge in [-0.15, -0.1) is 0 Å². The third kappa shape index (κ3) is 7.11. The molecule has 14 nitrogen and oxygen atoms in total. The molecule has 14 heteroatoms. The number of ether oxygens (including phenoxy) is 1. The molecule has 2 aromatic carbocycles. The van der Waals surface area contributed by atoms with Crippen LogP contribution in [0.5, 0.6) is 0 Å². The van der Waals surface area contributed by atoms with Crippen molar-refractivity contribution in [2.75, 3.05) is 73.0 Å². The lowest BCUT2D eigenvalue weighted by Crippen LogP contribution is -2.50. The van der Waals surface area contributed by atoms with E-state index < -0.39 is 6.03 Å². The van der Waals surface area contributed by atoms with Gasteiger partial charge in [-0.3, -0.25) is 9.69 Å². The van der Waals surface area contributed by atoms with Gasteiger partial charge in [-0.05, 0) is 88.1 Å². The van der Waals surface area contributed by atoms with Crippen molar-refractivity contribution in [1.29, 1.82) is 0 Å². The molecule has 5 heterocycles. The highest BCUT2D eigenvalue weighted by molar-refractivity contribution is 6.00. The number of urea groups is 1. The van der Waals surface area contributed by atoms with Crippen LogP contribution >= 0.6 is 0 Å². The Bertz CT molecular complexity index is 1620. The van der Waals surface area contributed by atoms with Gasteiger partial charge in [0.1, 0.15) is 0 Å². The number of nitrogens with one attached hydrogen (secondary N) is 2. The Morgan fingerprint density at radius 1 is 0.760 bits per heavy atom. The van der Waals surface area contributed by atoms with E-state index in [4.69, 9.17) is 19.7 Å². The van der Waals surface area contributed by atoms with Gasteiger partial charge >= 0.3 is 6.03 Å². The van der Waals surface area contributed by atoms with Gasteiger partial charge in [-0.1, -0.05) is 0 Å². The minimum Gasteiger partial charge on any atom is -0.394 e. The molecule has 2 unspecified atom stereocenters. The summed E-state index contributed by atoms with van der Waals surface area (Å²) in [6.07, 6.45) is 3.48. The average Bonchev–Trinajstić information content (AvgIpc) is 3.68. The number of amides is 3. The third-order valence-electron chi connectivity index (χ3n) is 10.5. The summed E-state index contributed by atoms with van der Waals surface area (Å²) in [7, 11) is 0. The second-order valence-electron chi connectivity index (χ2n) is 13.9. The van der Waals surface area contributed by atoms with Crippen LogP contribution < -0.4 is 20.4 Å². The Morgan fingerprint density at radius 3 is 1.84 bits per heavy atom. The fraction of sp³-hybridized carbons (Fsp3) is 0.528. The van der Waals surface area contributed by atoms with Gasteiger partial charge in [0.2, 0.25) is 11.9 Å². The van der Waals surface area contributed by atoms with E-state index in [1.54, 1.807) is 36.4 Å². The number of piperazine rings is 1. The Balaban J connectivity index is 1.03. The summed E-state index contributed by atoms with van der Waals surface area (Å²) in [5.74, 6) is 1.49. The van der Waals surface area contributed by atoms with Gasteiger partial charge in [0.05, 0.1) is 50.6 Å². The van der Waals surface area contributed by atoms with E-state index in [2.05, 4.69) is 34.3 Å². The molecule has 3 aromatic rings. The van der Waals surface area contributed by atoms with E-state index in [1.807, 2.05) is 21.9 Å². The zero-order valence-electron chi connectivity index (χ0n) is 28.7. The standard InChI is InChI=1S/C36H47N9O5/c1-23(2)42-15-17-43(18-16-42)33(48)25-5-9-27(10-6-25)38-36(49)37-26-7-3-24(4-8-26)32-39-34(44-28(19-46)11-12-29(44)20-47)41-35(40-32)45-30-13-14-31(45)22-50-21-30/h3-10,23,28-31,46-47H,11-22H2,1-2H3,(H2,37,38,49)/t28-,29+,30?,31?. The molecule has 0 radical (unpaired) electrons. The highest BCUT2D eigenvalue weighted by Gasteiger charge is 2.41. The minimum atomic E-state index is -0.409. The summed E-state index contributed by atoms with van der Waals surface area (Å²) >= 11 is 0. The van der Waals surface area contributed by atoms with Gasteiger partial charge in [0.25, 0.3) is 5.91 Å². The molecule has 4 saturated heterocycles. The summed E-state index contributed by atoms with van der Waals surface area (Å²) in [6, 6.07) is 14.3. The van der Waals surface area contributed by atoms with E-state index in [1.165, 1.54) is 0 Å². The van der Waals surface area contributed by atoms with Crippen molar-refractivity contribution < 1.29 is 24.5 Å². The van der Waals surface area contributed by atoms with Gasteiger partial charge < -0.3 is 40.3 Å². The smallest absolute Gasteiger partial charge is 0.323 e. The Labute approximate surface area is 292 Å². The van der Waals surface area contributed by atoms with Crippen molar-refractivity contribution in [1.82, 2.24) is 24.8 Å². The number of rotatable bonds is 9. The molecule has 4 N–H and O–H groups in total. The van der Waals surface area contributed by atoms with Gasteiger partial charge in [-0.2, -0.15) is 15.0 Å². The molecule has 1 aromatic heterocycles. The lowest BCUT2D eigenvalue weighted by atomic mass is 10.1. The van der Waals surface area contributed by atoms with Gasteiger partial charge in [0, 0.05) is 54.7 Å². The first-order valence-electron chi connectivity index (χ1n) is 17.7. The van der Waals surface area contributed by atoms with Crippen molar-refractivity contribution in [3.63, 3.8) is 0 Å². The normalized spacial score (nSPS) is 23.8. The Kier molecular flexibility index (Phi) is 10.1. The first-order chi connectivity index (χ1) is 24.3. The second-order valence-corrected chi connectivity index (χ2v) is 13.9. The number of fused-ring (bicyclic) bond motifs is 2. The maximum atomic E-state index is 13.0. The number of hydrogen-bond donors (Lipinski definition) is 4. The van der Waals surface area contributed by atoms with E-state index in [-0.39, 0.29) is 43.3 Å². The molecule has 4 aliphatic heterocycles. The summed E-state index contributed by atoms with van der Waals surface area (Å²) in [4.78, 5) is 49.0. The number of carbonyl (C=O) groups is 2. The molecule has 4 fully saturated rings. The Hall–Kier alpha value is -4.37. The number of aromatic nitrogens is 3. The van der Waals surface area contributed by atoms with Crippen molar-refractivity contribution in [3.8, 4) is 11.4 Å². The summed E-state index contributed by atoms with van der Waals surface area (Å²) in [6.45, 7) is 8.61. The molecule has 0 aliphatic carbocycles. The topological polar surface area (TPSA) is 160 Å². The number of carbonyl (C=O) groups excluding carboxylic acids is 2.